The van der Waals surface area contributed by atoms with Crippen molar-refractivity contribution in [2.24, 2.45) is 5.92 Å². The number of carbonyl (C=O) groups is 1. The lowest BCUT2D eigenvalue weighted by molar-refractivity contribution is 0.0958. The first kappa shape index (κ1) is 11.2. The Morgan fingerprint density at radius 3 is 2.67 bits per heavy atom. The van der Waals surface area contributed by atoms with Crippen molar-refractivity contribution < 1.29 is 4.79 Å². The van der Waals surface area contributed by atoms with Crippen LogP contribution in [0.3, 0.4) is 0 Å². The summed E-state index contributed by atoms with van der Waals surface area (Å²) >= 11 is 0. The number of hydrogen-bond acceptors (Lipinski definition) is 1. The molecule has 0 N–H and O–H groups in total. The van der Waals surface area contributed by atoms with E-state index in [4.69, 9.17) is 0 Å². The van der Waals surface area contributed by atoms with E-state index in [1.165, 1.54) is 5.57 Å². The quantitative estimate of drug-likeness (QED) is 0.714. The average Bonchev–Trinajstić information content (AvgIpc) is 2.70. The molecule has 0 bridgehead atoms. The summed E-state index contributed by atoms with van der Waals surface area (Å²) in [5.74, 6) is 0.341. The molecular weight excluding hydrogens is 220 g/mol. The summed E-state index contributed by atoms with van der Waals surface area (Å²) in [5.41, 5.74) is 3.25. The van der Waals surface area contributed by atoms with Crippen molar-refractivity contribution in [3.8, 4) is 0 Å². The zero-order valence-corrected chi connectivity index (χ0v) is 10.7. The second kappa shape index (κ2) is 4.09. The highest BCUT2D eigenvalue weighted by atomic mass is 16.1. The molecule has 0 heterocycles. The van der Waals surface area contributed by atoms with E-state index >= 15 is 0 Å². The molecule has 0 spiro atoms. The summed E-state index contributed by atoms with van der Waals surface area (Å²) in [7, 11) is 0. The minimum atomic E-state index is 0.0517. The summed E-state index contributed by atoms with van der Waals surface area (Å²) in [4.78, 5) is 12.6. The summed E-state index contributed by atoms with van der Waals surface area (Å²) < 4.78 is 0. The van der Waals surface area contributed by atoms with E-state index < -0.39 is 0 Å². The molecule has 1 aliphatic rings. The molecule has 2 aromatic carbocycles. The standard InChI is InChI=1S/C17H16O/c1-3-12-13(4-2)17(18)16-14-8-6-5-7-11(14)9-10-15(12)16/h3,5-10,13H,4H2,1-2H3/b12-3+. The molecule has 0 saturated heterocycles. The molecule has 0 saturated carbocycles. The molecule has 2 aromatic rings. The van der Waals surface area contributed by atoms with Crippen LogP contribution in [0.25, 0.3) is 16.3 Å². The zero-order chi connectivity index (χ0) is 12.7. The Bertz CT molecular complexity index is 664. The Morgan fingerprint density at radius 2 is 1.94 bits per heavy atom. The van der Waals surface area contributed by atoms with Gasteiger partial charge in [-0.2, -0.15) is 0 Å². The van der Waals surface area contributed by atoms with Gasteiger partial charge in [-0.1, -0.05) is 49.4 Å². The van der Waals surface area contributed by atoms with Gasteiger partial charge in [0.1, 0.15) is 0 Å². The van der Waals surface area contributed by atoms with Crippen LogP contribution in [0.2, 0.25) is 0 Å². The summed E-state index contributed by atoms with van der Waals surface area (Å²) in [6.45, 7) is 4.11. The lowest BCUT2D eigenvalue weighted by Crippen LogP contribution is -2.06. The van der Waals surface area contributed by atoms with E-state index in [0.29, 0.717) is 0 Å². The number of Topliss-reactive ketones (excluding diaryl/α,β-unsaturated/α-hetero) is 1. The number of rotatable bonds is 1. The van der Waals surface area contributed by atoms with Crippen LogP contribution in [-0.4, -0.2) is 5.78 Å². The number of allylic oxidation sites excluding steroid dienone is 2. The first-order chi connectivity index (χ1) is 8.77. The van der Waals surface area contributed by atoms with Crippen LogP contribution >= 0.6 is 0 Å². The molecule has 0 amide bonds. The number of carbonyl (C=O) groups excluding carboxylic acids is 1. The summed E-state index contributed by atoms with van der Waals surface area (Å²) in [6, 6.07) is 12.4. The van der Waals surface area contributed by atoms with E-state index in [1.54, 1.807) is 0 Å². The largest absolute Gasteiger partial charge is 0.293 e. The normalized spacial score (nSPS) is 20.7. The molecule has 90 valence electrons. The third-order valence-corrected chi connectivity index (χ3v) is 3.90. The molecule has 18 heavy (non-hydrogen) atoms. The van der Waals surface area contributed by atoms with Crippen molar-refractivity contribution in [2.75, 3.05) is 0 Å². The highest BCUT2D eigenvalue weighted by Crippen LogP contribution is 2.41. The van der Waals surface area contributed by atoms with Crippen molar-refractivity contribution >= 4 is 22.1 Å². The van der Waals surface area contributed by atoms with Crippen molar-refractivity contribution in [1.29, 1.82) is 0 Å². The van der Waals surface area contributed by atoms with Gasteiger partial charge in [0, 0.05) is 11.5 Å². The Balaban J connectivity index is 2.38. The minimum Gasteiger partial charge on any atom is -0.293 e. The smallest absolute Gasteiger partial charge is 0.171 e. The van der Waals surface area contributed by atoms with Crippen LogP contribution < -0.4 is 0 Å². The molecule has 1 heteroatoms. The van der Waals surface area contributed by atoms with Gasteiger partial charge in [0.25, 0.3) is 0 Å². The Kier molecular flexibility index (Phi) is 2.55. The Morgan fingerprint density at radius 1 is 1.17 bits per heavy atom. The Labute approximate surface area is 107 Å². The summed E-state index contributed by atoms with van der Waals surface area (Å²) in [5, 5.41) is 2.24. The van der Waals surface area contributed by atoms with Crippen LogP contribution in [0.1, 0.15) is 36.2 Å². The third kappa shape index (κ3) is 1.37. The third-order valence-electron chi connectivity index (χ3n) is 3.90. The monoisotopic (exact) mass is 236 g/mol. The maximum atomic E-state index is 12.6. The SMILES string of the molecule is C/C=C1/c2ccc3ccccc3c2C(=O)C1CC. The van der Waals surface area contributed by atoms with Crippen LogP contribution in [0.15, 0.2) is 42.5 Å². The van der Waals surface area contributed by atoms with E-state index in [9.17, 15) is 4.79 Å². The van der Waals surface area contributed by atoms with Gasteiger partial charge in [0.15, 0.2) is 5.78 Å². The first-order valence-corrected chi connectivity index (χ1v) is 6.50. The van der Waals surface area contributed by atoms with E-state index in [-0.39, 0.29) is 11.7 Å². The fourth-order valence-corrected chi connectivity index (χ4v) is 3.04. The van der Waals surface area contributed by atoms with Gasteiger partial charge in [-0.05, 0) is 35.3 Å². The van der Waals surface area contributed by atoms with E-state index in [2.05, 4.69) is 37.3 Å². The van der Waals surface area contributed by atoms with Crippen molar-refractivity contribution in [2.45, 2.75) is 20.3 Å². The molecule has 1 unspecified atom stereocenters. The van der Waals surface area contributed by atoms with Gasteiger partial charge >= 0.3 is 0 Å². The minimum absolute atomic E-state index is 0.0517. The molecule has 0 aromatic heterocycles. The highest BCUT2D eigenvalue weighted by molar-refractivity contribution is 6.20. The van der Waals surface area contributed by atoms with Crippen molar-refractivity contribution in [1.82, 2.24) is 0 Å². The predicted molar refractivity (Wildman–Crippen MR) is 75.7 cm³/mol. The number of hydrogen-bond donors (Lipinski definition) is 0. The summed E-state index contributed by atoms with van der Waals surface area (Å²) in [6.07, 6.45) is 2.97. The fourth-order valence-electron chi connectivity index (χ4n) is 3.04. The van der Waals surface area contributed by atoms with Crippen molar-refractivity contribution in [3.05, 3.63) is 53.6 Å². The molecule has 1 nitrogen and oxygen atoms in total. The molecule has 0 aliphatic heterocycles. The van der Waals surface area contributed by atoms with E-state index in [0.717, 1.165) is 28.3 Å². The number of fused-ring (bicyclic) bond motifs is 3. The van der Waals surface area contributed by atoms with Crippen molar-refractivity contribution in [3.63, 3.8) is 0 Å². The van der Waals surface area contributed by atoms with Gasteiger partial charge < -0.3 is 0 Å². The molecule has 0 fully saturated rings. The van der Waals surface area contributed by atoms with Gasteiger partial charge in [0.2, 0.25) is 0 Å². The lowest BCUT2D eigenvalue weighted by atomic mass is 9.96. The second-order valence-electron chi connectivity index (χ2n) is 4.78. The van der Waals surface area contributed by atoms with Gasteiger partial charge in [0.05, 0.1) is 0 Å². The maximum Gasteiger partial charge on any atom is 0.171 e. The van der Waals surface area contributed by atoms with Gasteiger partial charge in [-0.3, -0.25) is 4.79 Å². The molecule has 3 rings (SSSR count). The Hall–Kier alpha value is -1.89. The lowest BCUT2D eigenvalue weighted by Gasteiger charge is -2.06. The van der Waals surface area contributed by atoms with Crippen LogP contribution in [-0.2, 0) is 0 Å². The molecule has 1 atom stereocenters. The molecule has 1 aliphatic carbocycles. The zero-order valence-electron chi connectivity index (χ0n) is 10.7. The number of ketones is 1. The maximum absolute atomic E-state index is 12.6. The van der Waals surface area contributed by atoms with Crippen LogP contribution in [0.4, 0.5) is 0 Å². The second-order valence-corrected chi connectivity index (χ2v) is 4.78. The predicted octanol–water partition coefficient (Wildman–Crippen LogP) is 4.47. The molecule has 0 radical (unpaired) electrons. The fraction of sp³-hybridized carbons (Fsp3) is 0.235. The molecular formula is C17H16O. The topological polar surface area (TPSA) is 17.1 Å². The average molecular weight is 236 g/mol. The van der Waals surface area contributed by atoms with Crippen LogP contribution in [0.5, 0.6) is 0 Å². The van der Waals surface area contributed by atoms with Gasteiger partial charge in [-0.25, -0.2) is 0 Å². The number of benzene rings is 2. The van der Waals surface area contributed by atoms with Crippen LogP contribution in [0, 0.1) is 5.92 Å². The highest BCUT2D eigenvalue weighted by Gasteiger charge is 2.34. The van der Waals surface area contributed by atoms with Gasteiger partial charge in [-0.15, -0.1) is 0 Å². The first-order valence-electron chi connectivity index (χ1n) is 6.50. The van der Waals surface area contributed by atoms with E-state index in [1.807, 2.05) is 19.1 Å².